The molecule has 0 radical (unpaired) electrons. The Morgan fingerprint density at radius 2 is 1.63 bits per heavy atom. The van der Waals surface area contributed by atoms with Crippen LogP contribution in [0.2, 0.25) is 0 Å². The Bertz CT molecular complexity index is 1260. The van der Waals surface area contributed by atoms with Crippen molar-refractivity contribution in [3.8, 4) is 0 Å². The van der Waals surface area contributed by atoms with E-state index in [9.17, 15) is 17.6 Å². The molecule has 0 saturated heterocycles. The van der Waals surface area contributed by atoms with Gasteiger partial charge in [-0.15, -0.1) is 0 Å². The van der Waals surface area contributed by atoms with Crippen LogP contribution in [0.4, 0.5) is 15.9 Å². The van der Waals surface area contributed by atoms with Gasteiger partial charge in [-0.25, -0.2) is 22.5 Å². The summed E-state index contributed by atoms with van der Waals surface area (Å²) in [6, 6.07) is 8.18. The molecule has 10 heteroatoms. The average molecular weight is 544 g/mol. The number of halogens is 1. The zero-order valence-electron chi connectivity index (χ0n) is 22.4. The third-order valence-corrected chi connectivity index (χ3v) is 10.2. The zero-order chi connectivity index (χ0) is 27.0. The molecule has 0 bridgehead atoms. The normalized spacial score (nSPS) is 26.3. The molecule has 2 N–H and O–H groups in total. The Hall–Kier alpha value is -2.72. The van der Waals surface area contributed by atoms with Crippen molar-refractivity contribution in [2.75, 3.05) is 23.9 Å². The summed E-state index contributed by atoms with van der Waals surface area (Å²) in [5.41, 5.74) is 1.70. The van der Waals surface area contributed by atoms with Crippen LogP contribution < -0.4 is 19.8 Å². The predicted molar refractivity (Wildman–Crippen MR) is 146 cm³/mol. The summed E-state index contributed by atoms with van der Waals surface area (Å²) in [5, 5.41) is 3.01. The maximum atomic E-state index is 13.3. The van der Waals surface area contributed by atoms with E-state index in [4.69, 9.17) is 0 Å². The van der Waals surface area contributed by atoms with Gasteiger partial charge in [-0.2, -0.15) is 0 Å². The number of aromatic nitrogens is 1. The first-order chi connectivity index (χ1) is 18.1. The first kappa shape index (κ1) is 26.9. The van der Waals surface area contributed by atoms with Gasteiger partial charge in [-0.1, -0.05) is 25.0 Å². The molecule has 0 spiro atoms. The number of hydrogen-bond acceptors (Lipinski definition) is 6. The molecule has 2 aromatic rings. The second-order valence-electron chi connectivity index (χ2n) is 11.1. The van der Waals surface area contributed by atoms with Gasteiger partial charge in [0.25, 0.3) is 0 Å². The number of fused-ring (bicyclic) bond motifs is 2. The van der Waals surface area contributed by atoms with E-state index in [-0.39, 0.29) is 34.6 Å². The second kappa shape index (κ2) is 10.8. The van der Waals surface area contributed by atoms with Crippen molar-refractivity contribution in [3.63, 3.8) is 0 Å². The lowest BCUT2D eigenvalue weighted by atomic mass is 9.85. The van der Waals surface area contributed by atoms with Crippen molar-refractivity contribution in [1.82, 2.24) is 15.0 Å². The van der Waals surface area contributed by atoms with Crippen LogP contribution in [-0.4, -0.2) is 51.5 Å². The molecule has 8 nitrogen and oxygen atoms in total. The number of pyridine rings is 1. The molecule has 2 fully saturated rings. The zero-order valence-corrected chi connectivity index (χ0v) is 23.2. The van der Waals surface area contributed by atoms with Crippen molar-refractivity contribution in [1.29, 1.82) is 0 Å². The number of nitrogens with one attached hydrogen (secondary N) is 2. The molecule has 5 rings (SSSR count). The van der Waals surface area contributed by atoms with Crippen LogP contribution in [0.5, 0.6) is 0 Å². The first-order valence-electron chi connectivity index (χ1n) is 13.7. The third-order valence-electron chi connectivity index (χ3n) is 8.68. The molecular weight excluding hydrogens is 505 g/mol. The Balaban J connectivity index is 1.19. The van der Waals surface area contributed by atoms with Gasteiger partial charge in [-0.3, -0.25) is 4.79 Å². The van der Waals surface area contributed by atoms with E-state index in [2.05, 4.69) is 31.9 Å². The molecule has 38 heavy (non-hydrogen) atoms. The van der Waals surface area contributed by atoms with Crippen LogP contribution in [0.25, 0.3) is 0 Å². The van der Waals surface area contributed by atoms with Crippen molar-refractivity contribution in [3.05, 3.63) is 47.9 Å². The summed E-state index contributed by atoms with van der Waals surface area (Å²) in [7, 11) is 0.355. The molecule has 2 aliphatic carbocycles. The molecule has 3 aliphatic rings. The Morgan fingerprint density at radius 1 is 1.00 bits per heavy atom. The van der Waals surface area contributed by atoms with Crippen molar-refractivity contribution >= 4 is 27.4 Å². The van der Waals surface area contributed by atoms with Crippen LogP contribution in [0.15, 0.2) is 41.4 Å². The number of hydrogen-bond donors (Lipinski definition) is 2. The van der Waals surface area contributed by atoms with Crippen molar-refractivity contribution in [2.24, 2.45) is 5.92 Å². The fourth-order valence-electron chi connectivity index (χ4n) is 6.36. The maximum absolute atomic E-state index is 13.3. The molecule has 1 aromatic carbocycles. The number of nitrogens with zero attached hydrogens (tertiary/aromatic N) is 3. The van der Waals surface area contributed by atoms with Crippen molar-refractivity contribution in [2.45, 2.75) is 87.4 Å². The summed E-state index contributed by atoms with van der Waals surface area (Å²) in [4.78, 5) is 22.0. The van der Waals surface area contributed by atoms with E-state index in [0.717, 1.165) is 29.9 Å². The van der Waals surface area contributed by atoms with E-state index in [1.807, 2.05) is 14.0 Å². The number of carbonyl (C=O) groups is 1. The van der Waals surface area contributed by atoms with Crippen LogP contribution >= 0.6 is 0 Å². The SMILES string of the molecule is C[C@@H](NC(=O)[C@H]1CC[C@H](NS(=O)(=O)c2cnc3c(c2)N(C)C2CCCCC2N3C)CC1)c1ccc(F)cc1. The minimum absolute atomic E-state index is 0.0461. The Kier molecular flexibility index (Phi) is 7.64. The fraction of sp³-hybridized carbons (Fsp3) is 0.571. The first-order valence-corrected chi connectivity index (χ1v) is 15.2. The van der Waals surface area contributed by atoms with Crippen LogP contribution in [0, 0.1) is 11.7 Å². The molecule has 3 atom stereocenters. The lowest BCUT2D eigenvalue weighted by Crippen LogP contribution is -2.55. The van der Waals surface area contributed by atoms with E-state index in [0.29, 0.717) is 37.8 Å². The summed E-state index contributed by atoms with van der Waals surface area (Å²) in [5.74, 6) is 0.305. The summed E-state index contributed by atoms with van der Waals surface area (Å²) >= 11 is 0. The van der Waals surface area contributed by atoms with E-state index in [1.54, 1.807) is 18.2 Å². The molecule has 2 heterocycles. The van der Waals surface area contributed by atoms with Gasteiger partial charge < -0.3 is 15.1 Å². The van der Waals surface area contributed by atoms with Gasteiger partial charge in [0.1, 0.15) is 10.7 Å². The number of benzene rings is 1. The third kappa shape index (κ3) is 5.38. The topological polar surface area (TPSA) is 94.6 Å². The van der Waals surface area contributed by atoms with Crippen molar-refractivity contribution < 1.29 is 17.6 Å². The second-order valence-corrected chi connectivity index (χ2v) is 12.8. The number of carbonyl (C=O) groups excluding carboxylic acids is 1. The summed E-state index contributed by atoms with van der Waals surface area (Å²) < 4.78 is 42.7. The van der Waals surface area contributed by atoms with Crippen LogP contribution in [0.1, 0.15) is 69.9 Å². The highest BCUT2D eigenvalue weighted by molar-refractivity contribution is 7.89. The molecular formula is C28H38FN5O3S. The molecule has 2 unspecified atom stereocenters. The van der Waals surface area contributed by atoms with E-state index >= 15 is 0 Å². The number of sulfonamides is 1. The van der Waals surface area contributed by atoms with Gasteiger partial charge in [0.2, 0.25) is 15.9 Å². The minimum Gasteiger partial charge on any atom is -0.367 e. The monoisotopic (exact) mass is 543 g/mol. The lowest BCUT2D eigenvalue weighted by molar-refractivity contribution is -0.126. The minimum atomic E-state index is -3.75. The molecule has 1 aromatic heterocycles. The number of rotatable bonds is 6. The average Bonchev–Trinajstić information content (AvgIpc) is 2.92. The molecule has 206 valence electrons. The van der Waals surface area contributed by atoms with Gasteiger partial charge >= 0.3 is 0 Å². The largest absolute Gasteiger partial charge is 0.367 e. The van der Waals surface area contributed by atoms with Gasteiger partial charge in [0.15, 0.2) is 5.82 Å². The molecule has 1 aliphatic heterocycles. The Labute approximate surface area is 225 Å². The van der Waals surface area contributed by atoms with Crippen LogP contribution in [-0.2, 0) is 14.8 Å². The van der Waals surface area contributed by atoms with E-state index in [1.165, 1.54) is 31.2 Å². The fourth-order valence-corrected chi connectivity index (χ4v) is 7.63. The number of amides is 1. The highest BCUT2D eigenvalue weighted by Gasteiger charge is 2.39. The van der Waals surface area contributed by atoms with Crippen LogP contribution in [0.3, 0.4) is 0 Å². The highest BCUT2D eigenvalue weighted by Crippen LogP contribution is 2.41. The van der Waals surface area contributed by atoms with Gasteiger partial charge in [0.05, 0.1) is 17.8 Å². The number of anilines is 2. The Morgan fingerprint density at radius 3 is 2.29 bits per heavy atom. The number of likely N-dealkylation sites (N-methyl/N-ethyl adjacent to an activating group) is 2. The predicted octanol–water partition coefficient (Wildman–Crippen LogP) is 4.13. The smallest absolute Gasteiger partial charge is 0.242 e. The molecule has 2 saturated carbocycles. The summed E-state index contributed by atoms with van der Waals surface area (Å²) in [6.45, 7) is 1.88. The van der Waals surface area contributed by atoms with E-state index < -0.39 is 10.0 Å². The molecule has 1 amide bonds. The van der Waals surface area contributed by atoms with Gasteiger partial charge in [0, 0.05) is 38.3 Å². The summed E-state index contributed by atoms with van der Waals surface area (Å²) in [6.07, 6.45) is 8.47. The lowest BCUT2D eigenvalue weighted by Gasteiger charge is -2.49. The quantitative estimate of drug-likeness (QED) is 0.569. The maximum Gasteiger partial charge on any atom is 0.242 e. The standard InChI is InChI=1S/C28H38FN5O3S/c1-18(19-8-12-21(29)13-9-19)31-28(35)20-10-14-22(15-11-20)32-38(36,37)23-16-26-27(30-17-23)34(3)25-7-5-4-6-24(25)33(26)2/h8-9,12-13,16-18,20,22,24-25,32H,4-7,10-11,14-15H2,1-3H3,(H,31,35)/t18-,20-,22-,24?,25?/m1/s1. The highest BCUT2D eigenvalue weighted by atomic mass is 32.2. The van der Waals surface area contributed by atoms with Gasteiger partial charge in [-0.05, 0) is 69.2 Å².